The highest BCUT2D eigenvalue weighted by molar-refractivity contribution is 7.26. The maximum absolute atomic E-state index is 6.54. The Balaban J connectivity index is 0.961. The number of benzene rings is 10. The zero-order valence-electron chi connectivity index (χ0n) is 33.4. The van der Waals surface area contributed by atoms with E-state index < -0.39 is 0 Å². The predicted octanol–water partition coefficient (Wildman–Crippen LogP) is 17.5. The van der Waals surface area contributed by atoms with Gasteiger partial charge in [-0.1, -0.05) is 152 Å². The maximum Gasteiger partial charge on any atom is 0.143 e. The second-order valence-electron chi connectivity index (χ2n) is 16.0. The summed E-state index contributed by atoms with van der Waals surface area (Å²) in [7, 11) is 0. The van der Waals surface area contributed by atoms with E-state index in [1.54, 1.807) is 0 Å². The minimum absolute atomic E-state index is 0.883. The summed E-state index contributed by atoms with van der Waals surface area (Å²) in [5.41, 5.74) is 13.7. The van der Waals surface area contributed by atoms with Gasteiger partial charge in [0.2, 0.25) is 0 Å². The second kappa shape index (κ2) is 13.8. The van der Waals surface area contributed by atoms with Crippen LogP contribution in [0.3, 0.4) is 0 Å². The average Bonchev–Trinajstić information content (AvgIpc) is 4.04. The highest BCUT2D eigenvalue weighted by atomic mass is 32.1. The molecule has 3 heterocycles. The molecule has 290 valence electrons. The monoisotopic (exact) mass is 809 g/mol. The first-order valence-electron chi connectivity index (χ1n) is 21.0. The lowest BCUT2D eigenvalue weighted by atomic mass is 9.98. The summed E-state index contributed by atoms with van der Waals surface area (Å²) in [4.78, 5) is 2.38. The van der Waals surface area contributed by atoms with Gasteiger partial charge in [-0.15, -0.1) is 11.3 Å². The van der Waals surface area contributed by atoms with Crippen LogP contribution in [0.25, 0.3) is 108 Å². The molecule has 3 aromatic heterocycles. The Bertz CT molecular complexity index is 3710. The Labute approximate surface area is 360 Å². The maximum atomic E-state index is 6.54. The Kier molecular flexibility index (Phi) is 7.78. The molecule has 3 nitrogen and oxygen atoms in total. The fourth-order valence-corrected chi connectivity index (χ4v) is 10.8. The van der Waals surface area contributed by atoms with Crippen LogP contribution in [0.4, 0.5) is 17.1 Å². The van der Waals surface area contributed by atoms with Gasteiger partial charge in [-0.05, 0) is 88.3 Å². The molecule has 0 saturated heterocycles. The molecule has 0 amide bonds. The van der Waals surface area contributed by atoms with Gasteiger partial charge >= 0.3 is 0 Å². The molecular formula is C58H35NO2S. The Morgan fingerprint density at radius 3 is 1.76 bits per heavy atom. The van der Waals surface area contributed by atoms with Crippen molar-refractivity contribution in [1.29, 1.82) is 0 Å². The van der Waals surface area contributed by atoms with Crippen molar-refractivity contribution in [2.75, 3.05) is 4.90 Å². The van der Waals surface area contributed by atoms with Gasteiger partial charge < -0.3 is 13.7 Å². The molecule has 0 atom stereocenters. The van der Waals surface area contributed by atoms with Crippen LogP contribution in [0, 0.1) is 0 Å². The van der Waals surface area contributed by atoms with Crippen molar-refractivity contribution in [3.63, 3.8) is 0 Å². The van der Waals surface area contributed by atoms with Gasteiger partial charge in [0.05, 0.1) is 5.69 Å². The number of furan rings is 2. The summed E-state index contributed by atoms with van der Waals surface area (Å²) >= 11 is 1.87. The van der Waals surface area contributed by atoms with E-state index in [9.17, 15) is 0 Å². The molecule has 0 aliphatic heterocycles. The smallest absolute Gasteiger partial charge is 0.143 e. The molecule has 0 radical (unpaired) electrons. The molecular weight excluding hydrogens is 775 g/mol. The van der Waals surface area contributed by atoms with Crippen LogP contribution in [-0.4, -0.2) is 0 Å². The summed E-state index contributed by atoms with van der Waals surface area (Å²) in [6.45, 7) is 0. The van der Waals surface area contributed by atoms with Crippen LogP contribution in [0.2, 0.25) is 0 Å². The summed E-state index contributed by atoms with van der Waals surface area (Å²) in [5.74, 6) is 0. The van der Waals surface area contributed by atoms with Gasteiger partial charge in [0.1, 0.15) is 22.3 Å². The number of thiophene rings is 1. The first-order valence-corrected chi connectivity index (χ1v) is 21.8. The SMILES string of the molecule is c1ccc(N(c2ccc(-c3cccc4c3oc3ccccc34)cc2)c2ccc(-c3cccc4c3sc3ccccc34)cc2)c(-c2ccc3oc4c5ccccc5ccc4c3c2)c1. The molecule has 0 spiro atoms. The first kappa shape index (κ1) is 34.9. The zero-order valence-corrected chi connectivity index (χ0v) is 34.2. The van der Waals surface area contributed by atoms with E-state index >= 15 is 0 Å². The Morgan fingerprint density at radius 1 is 0.339 bits per heavy atom. The molecule has 4 heteroatoms. The van der Waals surface area contributed by atoms with Crippen molar-refractivity contribution < 1.29 is 8.83 Å². The molecule has 0 aliphatic rings. The van der Waals surface area contributed by atoms with E-state index in [0.717, 1.165) is 88.6 Å². The van der Waals surface area contributed by atoms with Gasteiger partial charge in [0.25, 0.3) is 0 Å². The summed E-state index contributed by atoms with van der Waals surface area (Å²) in [6, 6.07) is 76.2. The lowest BCUT2D eigenvalue weighted by molar-refractivity contribution is 0.670. The highest BCUT2D eigenvalue weighted by Gasteiger charge is 2.20. The molecule has 0 saturated carbocycles. The summed E-state index contributed by atoms with van der Waals surface area (Å²) < 4.78 is 15.6. The summed E-state index contributed by atoms with van der Waals surface area (Å²) in [6.07, 6.45) is 0. The summed E-state index contributed by atoms with van der Waals surface area (Å²) in [5, 5.41) is 9.39. The van der Waals surface area contributed by atoms with Crippen LogP contribution in [0.1, 0.15) is 0 Å². The van der Waals surface area contributed by atoms with Crippen molar-refractivity contribution in [2.24, 2.45) is 0 Å². The number of anilines is 3. The van der Waals surface area contributed by atoms with E-state index in [1.165, 1.54) is 36.7 Å². The standard InChI is InChI=1S/C58H35NO2S/c1-2-13-43-36(11-1)27-33-49-51-35-39(28-34-54(51)61-57(43)49)42-12-3-6-20-52(42)59(40-29-23-37(24-30-40)44-16-9-18-48-46-14-4-7-21-53(46)60-56(44)48)41-31-25-38(26-32-41)45-17-10-19-50-47-15-5-8-22-55(47)62-58(45)50/h1-35H. The molecule has 0 bridgehead atoms. The Hall–Kier alpha value is -7.92. The third kappa shape index (κ3) is 5.44. The van der Waals surface area contributed by atoms with Crippen LogP contribution < -0.4 is 4.90 Å². The van der Waals surface area contributed by atoms with Crippen molar-refractivity contribution in [3.05, 3.63) is 212 Å². The first-order chi connectivity index (χ1) is 30.7. The normalized spacial score (nSPS) is 11.9. The average molecular weight is 810 g/mol. The minimum Gasteiger partial charge on any atom is -0.455 e. The number of nitrogens with zero attached hydrogens (tertiary/aromatic N) is 1. The molecule has 0 fully saturated rings. The van der Waals surface area contributed by atoms with Gasteiger partial charge in [0, 0.05) is 69.6 Å². The fourth-order valence-electron chi connectivity index (χ4n) is 9.54. The minimum atomic E-state index is 0.883. The molecule has 62 heavy (non-hydrogen) atoms. The lowest BCUT2D eigenvalue weighted by Crippen LogP contribution is -2.11. The van der Waals surface area contributed by atoms with E-state index in [4.69, 9.17) is 8.83 Å². The van der Waals surface area contributed by atoms with Gasteiger partial charge in [-0.2, -0.15) is 0 Å². The van der Waals surface area contributed by atoms with Crippen molar-refractivity contribution in [1.82, 2.24) is 0 Å². The van der Waals surface area contributed by atoms with Crippen molar-refractivity contribution in [2.45, 2.75) is 0 Å². The second-order valence-corrected chi connectivity index (χ2v) is 17.0. The number of fused-ring (bicyclic) bond motifs is 11. The predicted molar refractivity (Wildman–Crippen MR) is 262 cm³/mol. The van der Waals surface area contributed by atoms with E-state index in [-0.39, 0.29) is 0 Å². The van der Waals surface area contributed by atoms with Crippen molar-refractivity contribution in [3.8, 4) is 33.4 Å². The topological polar surface area (TPSA) is 29.5 Å². The van der Waals surface area contributed by atoms with Crippen molar-refractivity contribution >= 4 is 103 Å². The highest BCUT2D eigenvalue weighted by Crippen LogP contribution is 2.46. The van der Waals surface area contributed by atoms with Gasteiger partial charge in [-0.25, -0.2) is 0 Å². The quantitative estimate of drug-likeness (QED) is 0.168. The van der Waals surface area contributed by atoms with Crippen LogP contribution in [0.5, 0.6) is 0 Å². The molecule has 13 rings (SSSR count). The van der Waals surface area contributed by atoms with E-state index in [0.29, 0.717) is 0 Å². The van der Waals surface area contributed by atoms with Crippen LogP contribution in [0.15, 0.2) is 221 Å². The number of hydrogen-bond donors (Lipinski definition) is 0. The molecule has 0 N–H and O–H groups in total. The van der Waals surface area contributed by atoms with Crippen LogP contribution in [-0.2, 0) is 0 Å². The molecule has 0 unspecified atom stereocenters. The Morgan fingerprint density at radius 2 is 0.919 bits per heavy atom. The van der Waals surface area contributed by atoms with Gasteiger partial charge in [-0.3, -0.25) is 0 Å². The molecule has 10 aromatic carbocycles. The zero-order chi connectivity index (χ0) is 40.7. The number of rotatable bonds is 6. The molecule has 0 aliphatic carbocycles. The number of hydrogen-bond acceptors (Lipinski definition) is 4. The largest absolute Gasteiger partial charge is 0.455 e. The third-order valence-electron chi connectivity index (χ3n) is 12.5. The number of para-hydroxylation sites is 3. The fraction of sp³-hybridized carbons (Fsp3) is 0. The van der Waals surface area contributed by atoms with Crippen LogP contribution >= 0.6 is 11.3 Å². The third-order valence-corrected chi connectivity index (χ3v) is 13.7. The van der Waals surface area contributed by atoms with E-state index in [2.05, 4.69) is 205 Å². The molecule has 13 aromatic rings. The van der Waals surface area contributed by atoms with Gasteiger partial charge in [0.15, 0.2) is 0 Å². The van der Waals surface area contributed by atoms with E-state index in [1.807, 2.05) is 23.5 Å². The lowest BCUT2D eigenvalue weighted by Gasteiger charge is -2.28.